The third-order valence-corrected chi connectivity index (χ3v) is 4.68. The van der Waals surface area contributed by atoms with Gasteiger partial charge in [0.2, 0.25) is 5.91 Å². The van der Waals surface area contributed by atoms with Gasteiger partial charge in [0.1, 0.15) is 5.76 Å². The first-order valence-electron chi connectivity index (χ1n) is 9.69. The van der Waals surface area contributed by atoms with Crippen molar-refractivity contribution in [3.8, 4) is 0 Å². The first-order valence-corrected chi connectivity index (χ1v) is 9.69. The predicted octanol–water partition coefficient (Wildman–Crippen LogP) is 3.32. The molecule has 1 heterocycles. The summed E-state index contributed by atoms with van der Waals surface area (Å²) in [4.78, 5) is 16.7. The van der Waals surface area contributed by atoms with Gasteiger partial charge in [-0.3, -0.25) is 4.79 Å². The van der Waals surface area contributed by atoms with Gasteiger partial charge in [0.25, 0.3) is 0 Å². The van der Waals surface area contributed by atoms with Crippen LogP contribution < -0.4 is 16.0 Å². The third kappa shape index (κ3) is 5.88. The van der Waals surface area contributed by atoms with Crippen LogP contribution in [0.2, 0.25) is 0 Å². The smallest absolute Gasteiger partial charge is 0.227 e. The number of nitrogens with one attached hydrogen (secondary N) is 3. The topological polar surface area (TPSA) is 78.7 Å². The Balaban J connectivity index is 1.53. The highest BCUT2D eigenvalue weighted by Crippen LogP contribution is 2.27. The van der Waals surface area contributed by atoms with Crippen LogP contribution in [0.5, 0.6) is 0 Å². The van der Waals surface area contributed by atoms with E-state index in [0.717, 1.165) is 61.7 Å². The fraction of sp³-hybridized carbons (Fsp3) is 0.429. The Bertz CT molecular complexity index is 751. The highest BCUT2D eigenvalue weighted by Gasteiger charge is 2.25. The van der Waals surface area contributed by atoms with E-state index in [2.05, 4.69) is 20.9 Å². The molecule has 0 unspecified atom stereocenters. The van der Waals surface area contributed by atoms with Crippen molar-refractivity contribution in [3.05, 3.63) is 54.0 Å². The number of guanidine groups is 1. The van der Waals surface area contributed by atoms with Crippen LogP contribution in [0.1, 0.15) is 37.5 Å². The molecule has 1 aromatic heterocycles. The van der Waals surface area contributed by atoms with Crippen molar-refractivity contribution in [2.75, 3.05) is 18.4 Å². The zero-order valence-electron chi connectivity index (χ0n) is 15.8. The molecule has 3 N–H and O–H groups in total. The number of hydrogen-bond donors (Lipinski definition) is 3. The van der Waals surface area contributed by atoms with E-state index >= 15 is 0 Å². The molecule has 1 aliphatic rings. The second-order valence-electron chi connectivity index (χ2n) is 6.77. The molecule has 1 fully saturated rings. The first-order chi connectivity index (χ1) is 13.2. The molecule has 0 saturated heterocycles. The van der Waals surface area contributed by atoms with Gasteiger partial charge in [0.05, 0.1) is 12.8 Å². The van der Waals surface area contributed by atoms with Crippen LogP contribution in [-0.2, 0) is 17.8 Å². The van der Waals surface area contributed by atoms with Crippen molar-refractivity contribution in [3.63, 3.8) is 0 Å². The summed E-state index contributed by atoms with van der Waals surface area (Å²) in [5.74, 6) is 2.04. The van der Waals surface area contributed by atoms with Crippen molar-refractivity contribution in [1.29, 1.82) is 0 Å². The van der Waals surface area contributed by atoms with Crippen LogP contribution in [0.3, 0.4) is 0 Å². The lowest BCUT2D eigenvalue weighted by molar-refractivity contribution is -0.122. The average molecular weight is 368 g/mol. The summed E-state index contributed by atoms with van der Waals surface area (Å²) in [7, 11) is 0. The quantitative estimate of drug-likeness (QED) is 0.493. The van der Waals surface area contributed by atoms with Crippen LogP contribution in [0.4, 0.5) is 5.69 Å². The van der Waals surface area contributed by atoms with Gasteiger partial charge in [0, 0.05) is 31.1 Å². The number of carbonyl (C=O) groups excluding carboxylic acids is 1. The molecule has 1 aromatic carbocycles. The first kappa shape index (κ1) is 19.0. The molecule has 27 heavy (non-hydrogen) atoms. The summed E-state index contributed by atoms with van der Waals surface area (Å²) in [5, 5.41) is 9.58. The predicted molar refractivity (Wildman–Crippen MR) is 108 cm³/mol. The van der Waals surface area contributed by atoms with E-state index in [9.17, 15) is 4.79 Å². The Morgan fingerprint density at radius 2 is 2.11 bits per heavy atom. The van der Waals surface area contributed by atoms with Crippen LogP contribution >= 0.6 is 0 Å². The van der Waals surface area contributed by atoms with Gasteiger partial charge in [0.15, 0.2) is 5.96 Å². The molecule has 1 aliphatic carbocycles. The lowest BCUT2D eigenvalue weighted by Crippen LogP contribution is -2.38. The lowest BCUT2D eigenvalue weighted by atomic mass is 9.85. The molecule has 0 spiro atoms. The van der Waals surface area contributed by atoms with Crippen LogP contribution in [0.25, 0.3) is 0 Å². The molecular formula is C21H28N4O2. The molecule has 0 radical (unpaired) electrons. The van der Waals surface area contributed by atoms with Gasteiger partial charge < -0.3 is 20.4 Å². The van der Waals surface area contributed by atoms with Crippen LogP contribution in [0.15, 0.2) is 52.1 Å². The van der Waals surface area contributed by atoms with E-state index in [4.69, 9.17) is 4.42 Å². The lowest BCUT2D eigenvalue weighted by Gasteiger charge is -2.24. The number of hydrogen-bond acceptors (Lipinski definition) is 3. The number of amides is 1. The minimum Gasteiger partial charge on any atom is -0.469 e. The number of benzene rings is 1. The van der Waals surface area contributed by atoms with Crippen LogP contribution in [0, 0.1) is 5.92 Å². The molecule has 6 nitrogen and oxygen atoms in total. The maximum atomic E-state index is 12.1. The summed E-state index contributed by atoms with van der Waals surface area (Å²) in [6.45, 7) is 4.13. The van der Waals surface area contributed by atoms with Gasteiger partial charge in [-0.05, 0) is 49.6 Å². The van der Waals surface area contributed by atoms with Gasteiger partial charge >= 0.3 is 0 Å². The monoisotopic (exact) mass is 368 g/mol. The zero-order valence-corrected chi connectivity index (χ0v) is 15.8. The molecule has 0 aliphatic heterocycles. The number of aliphatic imine (C=N–C) groups is 1. The van der Waals surface area contributed by atoms with Crippen molar-refractivity contribution >= 4 is 17.6 Å². The average Bonchev–Trinajstić information content (AvgIpc) is 3.12. The second-order valence-corrected chi connectivity index (χ2v) is 6.77. The van der Waals surface area contributed by atoms with Crippen molar-refractivity contribution < 1.29 is 9.21 Å². The molecule has 144 valence electrons. The zero-order chi connectivity index (χ0) is 18.9. The fourth-order valence-corrected chi connectivity index (χ4v) is 2.93. The Kier molecular flexibility index (Phi) is 6.90. The Hall–Kier alpha value is -2.76. The minimum absolute atomic E-state index is 0.134. The largest absolute Gasteiger partial charge is 0.469 e. The maximum absolute atomic E-state index is 12.1. The summed E-state index contributed by atoms with van der Waals surface area (Å²) in [5.41, 5.74) is 1.90. The Labute approximate surface area is 160 Å². The molecule has 6 heteroatoms. The normalized spacial score (nSPS) is 14.5. The van der Waals surface area contributed by atoms with E-state index in [0.29, 0.717) is 6.54 Å². The molecule has 0 atom stereocenters. The standard InChI is InChI=1S/C21H28N4O2/c1-2-22-21(23-12-11-19-10-5-13-27-19)24-15-16-6-3-9-18(14-16)25-20(26)17-7-4-8-17/h3,5-6,9-10,13-14,17H,2,4,7-8,11-12,15H2,1H3,(H,25,26)(H2,22,23,24). The van der Waals surface area contributed by atoms with Crippen molar-refractivity contribution in [2.24, 2.45) is 10.9 Å². The van der Waals surface area contributed by atoms with Gasteiger partial charge in [-0.15, -0.1) is 0 Å². The van der Waals surface area contributed by atoms with Crippen molar-refractivity contribution in [1.82, 2.24) is 10.6 Å². The van der Waals surface area contributed by atoms with Crippen molar-refractivity contribution in [2.45, 2.75) is 39.2 Å². The molecule has 2 aromatic rings. The summed E-state index contributed by atoms with van der Waals surface area (Å²) < 4.78 is 5.34. The summed E-state index contributed by atoms with van der Waals surface area (Å²) in [6, 6.07) is 11.8. The fourth-order valence-electron chi connectivity index (χ4n) is 2.93. The number of nitrogens with zero attached hydrogens (tertiary/aromatic N) is 1. The molecule has 3 rings (SSSR count). The molecular weight excluding hydrogens is 340 g/mol. The van der Waals surface area contributed by atoms with Gasteiger partial charge in [-0.2, -0.15) is 0 Å². The van der Waals surface area contributed by atoms with E-state index in [-0.39, 0.29) is 11.8 Å². The Morgan fingerprint density at radius 1 is 1.22 bits per heavy atom. The number of anilines is 1. The minimum atomic E-state index is 0.134. The van der Waals surface area contributed by atoms with Gasteiger partial charge in [-0.1, -0.05) is 18.6 Å². The SMILES string of the molecule is CCNC(=NCc1cccc(NC(=O)C2CCC2)c1)NCCc1ccco1. The molecule has 0 bridgehead atoms. The Morgan fingerprint density at radius 3 is 2.81 bits per heavy atom. The van der Waals surface area contributed by atoms with E-state index in [1.165, 1.54) is 0 Å². The van der Waals surface area contributed by atoms with Crippen LogP contribution in [-0.4, -0.2) is 25.0 Å². The molecule has 1 saturated carbocycles. The maximum Gasteiger partial charge on any atom is 0.227 e. The summed E-state index contributed by atoms with van der Waals surface area (Å²) in [6.07, 6.45) is 5.66. The van der Waals surface area contributed by atoms with E-state index in [1.54, 1.807) is 6.26 Å². The van der Waals surface area contributed by atoms with Gasteiger partial charge in [-0.25, -0.2) is 4.99 Å². The number of rotatable bonds is 8. The van der Waals surface area contributed by atoms with E-state index < -0.39 is 0 Å². The van der Waals surface area contributed by atoms with E-state index in [1.807, 2.05) is 43.3 Å². The third-order valence-electron chi connectivity index (χ3n) is 4.68. The number of carbonyl (C=O) groups is 1. The highest BCUT2D eigenvalue weighted by molar-refractivity contribution is 5.93. The highest BCUT2D eigenvalue weighted by atomic mass is 16.3. The molecule has 1 amide bonds. The second kappa shape index (κ2) is 9.80. The number of furan rings is 1. The summed E-state index contributed by atoms with van der Waals surface area (Å²) >= 11 is 0.